The van der Waals surface area contributed by atoms with Gasteiger partial charge < -0.3 is 10.0 Å². The predicted molar refractivity (Wildman–Crippen MR) is 92.0 cm³/mol. The Morgan fingerprint density at radius 2 is 1.96 bits per heavy atom. The number of amides is 1. The van der Waals surface area contributed by atoms with Crippen LogP contribution in [0.1, 0.15) is 51.1 Å². The van der Waals surface area contributed by atoms with Gasteiger partial charge >= 0.3 is 0 Å². The number of benzene rings is 1. The number of hydrogen-bond acceptors (Lipinski definition) is 5. The van der Waals surface area contributed by atoms with Gasteiger partial charge in [-0.3, -0.25) is 19.7 Å². The fourth-order valence-electron chi connectivity index (χ4n) is 3.16. The van der Waals surface area contributed by atoms with E-state index in [0.717, 1.165) is 19.3 Å². The molecule has 7 heteroatoms. The van der Waals surface area contributed by atoms with Gasteiger partial charge in [-0.2, -0.15) is 0 Å². The van der Waals surface area contributed by atoms with Crippen molar-refractivity contribution >= 4 is 17.4 Å². The molecule has 1 amide bonds. The molecule has 1 aliphatic heterocycles. The smallest absolute Gasteiger partial charge is 0.290 e. The minimum atomic E-state index is -0.923. The van der Waals surface area contributed by atoms with Gasteiger partial charge in [-0.15, -0.1) is 0 Å². The second-order valence-electron chi connectivity index (χ2n) is 6.10. The van der Waals surface area contributed by atoms with E-state index in [4.69, 9.17) is 0 Å². The second kappa shape index (κ2) is 7.92. The predicted octanol–water partition coefficient (Wildman–Crippen LogP) is 3.46. The highest BCUT2D eigenvalue weighted by atomic mass is 16.6. The van der Waals surface area contributed by atoms with Crippen LogP contribution in [0, 0.1) is 10.1 Å². The fourth-order valence-corrected chi connectivity index (χ4v) is 3.16. The molecule has 1 aromatic rings. The van der Waals surface area contributed by atoms with E-state index in [1.54, 1.807) is 6.07 Å². The van der Waals surface area contributed by atoms with E-state index in [1.165, 1.54) is 30.0 Å². The monoisotopic (exact) mass is 346 g/mol. The number of rotatable bonds is 8. The molecule has 1 atom stereocenters. The molecule has 0 bridgehead atoms. The zero-order valence-electron chi connectivity index (χ0n) is 14.4. The molecule has 0 aromatic heterocycles. The lowest BCUT2D eigenvalue weighted by molar-refractivity contribution is -0.385. The molecule has 134 valence electrons. The van der Waals surface area contributed by atoms with Crippen molar-refractivity contribution in [2.45, 2.75) is 45.6 Å². The highest BCUT2D eigenvalue weighted by Crippen LogP contribution is 2.41. The average molecular weight is 346 g/mol. The van der Waals surface area contributed by atoms with Crippen LogP contribution in [0.15, 0.2) is 35.6 Å². The third-order valence-electron chi connectivity index (χ3n) is 4.36. The lowest BCUT2D eigenvalue weighted by Crippen LogP contribution is -2.32. The van der Waals surface area contributed by atoms with Crippen molar-refractivity contribution in [3.63, 3.8) is 0 Å². The minimum Gasteiger partial charge on any atom is -0.503 e. The molecule has 0 fully saturated rings. The average Bonchev–Trinajstić information content (AvgIpc) is 2.83. The standard InChI is InChI=1S/C18H22N2O5/c1-3-4-5-8-11-19-16(15(12(2)21)17(22)18(19)23)13-9-6-7-10-14(13)20(24)25/h6-7,9-10,16,22H,3-5,8,11H2,1-2H3/t16-/m0/s1. The number of carbonyl (C=O) groups is 2. The third kappa shape index (κ3) is 3.70. The van der Waals surface area contributed by atoms with Gasteiger partial charge in [0.15, 0.2) is 11.5 Å². The Morgan fingerprint density at radius 3 is 2.56 bits per heavy atom. The Bertz CT molecular complexity index is 726. The van der Waals surface area contributed by atoms with Crippen LogP contribution in [0.3, 0.4) is 0 Å². The summed E-state index contributed by atoms with van der Waals surface area (Å²) in [4.78, 5) is 36.7. The lowest BCUT2D eigenvalue weighted by atomic mass is 9.95. The van der Waals surface area contributed by atoms with Crippen LogP contribution in [0.4, 0.5) is 5.69 Å². The summed E-state index contributed by atoms with van der Waals surface area (Å²) in [5.41, 5.74) is -0.00677. The highest BCUT2D eigenvalue weighted by molar-refractivity contribution is 6.08. The molecule has 1 aliphatic rings. The third-order valence-corrected chi connectivity index (χ3v) is 4.36. The summed E-state index contributed by atoms with van der Waals surface area (Å²) in [6.07, 6.45) is 3.65. The molecule has 0 unspecified atom stereocenters. The van der Waals surface area contributed by atoms with Gasteiger partial charge in [-0.05, 0) is 19.4 Å². The Balaban J connectivity index is 2.45. The summed E-state index contributed by atoms with van der Waals surface area (Å²) in [5, 5.41) is 21.5. The second-order valence-corrected chi connectivity index (χ2v) is 6.10. The van der Waals surface area contributed by atoms with E-state index >= 15 is 0 Å². The molecule has 1 heterocycles. The van der Waals surface area contributed by atoms with Crippen molar-refractivity contribution in [2.75, 3.05) is 6.54 Å². The molecule has 2 rings (SSSR count). The van der Waals surface area contributed by atoms with Gasteiger partial charge in [-0.25, -0.2) is 0 Å². The van der Waals surface area contributed by atoms with Crippen molar-refractivity contribution in [3.05, 3.63) is 51.3 Å². The number of aliphatic hydroxyl groups excluding tert-OH is 1. The molecule has 25 heavy (non-hydrogen) atoms. The van der Waals surface area contributed by atoms with Crippen molar-refractivity contribution < 1.29 is 19.6 Å². The van der Waals surface area contributed by atoms with Gasteiger partial charge in [0.05, 0.1) is 22.1 Å². The molecule has 7 nitrogen and oxygen atoms in total. The zero-order valence-corrected chi connectivity index (χ0v) is 14.4. The van der Waals surface area contributed by atoms with Crippen LogP contribution in [-0.4, -0.2) is 33.2 Å². The maximum Gasteiger partial charge on any atom is 0.290 e. The quantitative estimate of drug-likeness (QED) is 0.441. The zero-order chi connectivity index (χ0) is 18.6. The molecule has 0 spiro atoms. The van der Waals surface area contributed by atoms with Crippen LogP contribution in [0.25, 0.3) is 0 Å². The number of nitrogens with zero attached hydrogens (tertiary/aromatic N) is 2. The van der Waals surface area contributed by atoms with E-state index in [1.807, 2.05) is 0 Å². The number of ketones is 1. The van der Waals surface area contributed by atoms with Crippen molar-refractivity contribution in [1.29, 1.82) is 0 Å². The number of aliphatic hydroxyl groups is 1. The molecule has 0 radical (unpaired) electrons. The maximum atomic E-state index is 12.4. The normalized spacial score (nSPS) is 17.3. The van der Waals surface area contributed by atoms with E-state index in [9.17, 15) is 24.8 Å². The van der Waals surface area contributed by atoms with Crippen LogP contribution in [0.2, 0.25) is 0 Å². The number of carbonyl (C=O) groups excluding carboxylic acids is 2. The van der Waals surface area contributed by atoms with Gasteiger partial charge in [0.25, 0.3) is 11.6 Å². The van der Waals surface area contributed by atoms with Crippen molar-refractivity contribution in [3.8, 4) is 0 Å². The number of nitro groups is 1. The largest absolute Gasteiger partial charge is 0.503 e. The molecule has 0 aliphatic carbocycles. The van der Waals surface area contributed by atoms with Crippen LogP contribution in [0.5, 0.6) is 0 Å². The Labute approximate surface area is 146 Å². The number of hydrogen-bond donors (Lipinski definition) is 1. The first-order chi connectivity index (χ1) is 11.9. The molecule has 1 aromatic carbocycles. The number of para-hydroxylation sites is 1. The summed E-state index contributed by atoms with van der Waals surface area (Å²) in [7, 11) is 0. The summed E-state index contributed by atoms with van der Waals surface area (Å²) in [6, 6.07) is 5.09. The van der Waals surface area contributed by atoms with Crippen LogP contribution < -0.4 is 0 Å². The number of Topliss-reactive ketones (excluding diaryl/α,β-unsaturated/α-hetero) is 1. The van der Waals surface area contributed by atoms with E-state index in [2.05, 4.69) is 6.92 Å². The van der Waals surface area contributed by atoms with Crippen molar-refractivity contribution in [1.82, 2.24) is 4.90 Å². The van der Waals surface area contributed by atoms with E-state index < -0.39 is 28.4 Å². The van der Waals surface area contributed by atoms with Crippen LogP contribution >= 0.6 is 0 Å². The Kier molecular flexibility index (Phi) is 5.90. The summed E-state index contributed by atoms with van der Waals surface area (Å²) in [5.74, 6) is -1.72. The Hall–Kier alpha value is -2.70. The number of nitro benzene ring substituents is 1. The molecular weight excluding hydrogens is 324 g/mol. The molecular formula is C18H22N2O5. The first-order valence-electron chi connectivity index (χ1n) is 8.38. The van der Waals surface area contributed by atoms with Gasteiger partial charge in [-0.1, -0.05) is 38.3 Å². The topological polar surface area (TPSA) is 101 Å². The summed E-state index contributed by atoms with van der Waals surface area (Å²) >= 11 is 0. The Morgan fingerprint density at radius 1 is 1.28 bits per heavy atom. The van der Waals surface area contributed by atoms with E-state index in [0.29, 0.717) is 13.0 Å². The van der Waals surface area contributed by atoms with Gasteiger partial charge in [0.1, 0.15) is 0 Å². The summed E-state index contributed by atoms with van der Waals surface area (Å²) < 4.78 is 0. The number of unbranched alkanes of at least 4 members (excludes halogenated alkanes) is 3. The maximum absolute atomic E-state index is 12.4. The van der Waals surface area contributed by atoms with Crippen LogP contribution in [-0.2, 0) is 9.59 Å². The van der Waals surface area contributed by atoms with Crippen molar-refractivity contribution in [2.24, 2.45) is 0 Å². The first kappa shape index (κ1) is 18.6. The first-order valence-corrected chi connectivity index (χ1v) is 8.38. The molecule has 1 N–H and O–H groups in total. The van der Waals surface area contributed by atoms with Gasteiger partial charge in [0, 0.05) is 12.6 Å². The molecule has 0 saturated heterocycles. The lowest BCUT2D eigenvalue weighted by Gasteiger charge is -2.26. The SMILES string of the molecule is CCCCCCN1C(=O)C(O)=C(C(C)=O)[C@@H]1c1ccccc1[N+](=O)[O-]. The fraction of sp³-hybridized carbons (Fsp3) is 0.444. The van der Waals surface area contributed by atoms with Gasteiger partial charge in [0.2, 0.25) is 0 Å². The highest BCUT2D eigenvalue weighted by Gasteiger charge is 2.44. The van der Waals surface area contributed by atoms with E-state index in [-0.39, 0.29) is 16.8 Å². The molecule has 0 saturated carbocycles. The minimum absolute atomic E-state index is 0.0743. The summed E-state index contributed by atoms with van der Waals surface area (Å²) in [6.45, 7) is 3.65.